The maximum Gasteiger partial charge on any atom is 0.224 e. The Kier molecular flexibility index (Phi) is 4.99. The van der Waals surface area contributed by atoms with Crippen LogP contribution < -0.4 is 11.1 Å². The van der Waals surface area contributed by atoms with Gasteiger partial charge in [-0.25, -0.2) is 0 Å². The second-order valence-electron chi connectivity index (χ2n) is 5.53. The van der Waals surface area contributed by atoms with Crippen LogP contribution in [0.2, 0.25) is 0 Å². The monoisotopic (exact) mass is 282 g/mol. The van der Waals surface area contributed by atoms with Gasteiger partial charge in [-0.2, -0.15) is 0 Å². The SMILES string of the molecule is CC(C)c1ccc(CCC(=O)Nc2ccccc2N)cc1. The predicted octanol–water partition coefficient (Wildman–Crippen LogP) is 3.96. The van der Waals surface area contributed by atoms with Gasteiger partial charge in [0, 0.05) is 6.42 Å². The molecule has 0 fully saturated rings. The first-order chi connectivity index (χ1) is 10.1. The minimum absolute atomic E-state index is 0.0131. The fourth-order valence-electron chi connectivity index (χ4n) is 2.15. The number of hydrogen-bond acceptors (Lipinski definition) is 2. The highest BCUT2D eigenvalue weighted by atomic mass is 16.1. The van der Waals surface area contributed by atoms with E-state index in [0.717, 1.165) is 6.42 Å². The predicted molar refractivity (Wildman–Crippen MR) is 88.3 cm³/mol. The second-order valence-corrected chi connectivity index (χ2v) is 5.53. The lowest BCUT2D eigenvalue weighted by molar-refractivity contribution is -0.116. The third-order valence-corrected chi connectivity index (χ3v) is 3.52. The number of rotatable bonds is 5. The molecule has 1 amide bonds. The van der Waals surface area contributed by atoms with Crippen LogP contribution in [0.25, 0.3) is 0 Å². The molecule has 3 N–H and O–H groups in total. The van der Waals surface area contributed by atoms with Crippen molar-refractivity contribution in [2.75, 3.05) is 11.1 Å². The van der Waals surface area contributed by atoms with E-state index in [9.17, 15) is 4.79 Å². The number of benzene rings is 2. The van der Waals surface area contributed by atoms with Crippen molar-refractivity contribution in [1.29, 1.82) is 0 Å². The lowest BCUT2D eigenvalue weighted by atomic mass is 10.0. The van der Waals surface area contributed by atoms with Crippen LogP contribution >= 0.6 is 0 Å². The normalized spacial score (nSPS) is 10.6. The molecule has 0 atom stereocenters. The minimum atomic E-state index is -0.0131. The first-order valence-corrected chi connectivity index (χ1v) is 7.29. The average Bonchev–Trinajstić information content (AvgIpc) is 2.48. The second kappa shape index (κ2) is 6.93. The average molecular weight is 282 g/mol. The Morgan fingerprint density at radius 1 is 1.10 bits per heavy atom. The van der Waals surface area contributed by atoms with Crippen LogP contribution in [0.3, 0.4) is 0 Å². The molecule has 0 aromatic heterocycles. The van der Waals surface area contributed by atoms with Gasteiger partial charge in [-0.3, -0.25) is 4.79 Å². The molecule has 0 heterocycles. The van der Waals surface area contributed by atoms with E-state index >= 15 is 0 Å². The van der Waals surface area contributed by atoms with E-state index in [-0.39, 0.29) is 5.91 Å². The quantitative estimate of drug-likeness (QED) is 0.815. The molecule has 21 heavy (non-hydrogen) atoms. The molecule has 0 saturated carbocycles. The van der Waals surface area contributed by atoms with Gasteiger partial charge in [0.25, 0.3) is 0 Å². The number of nitrogens with one attached hydrogen (secondary N) is 1. The number of aryl methyl sites for hydroxylation is 1. The Labute approximate surface area is 126 Å². The third kappa shape index (κ3) is 4.35. The number of carbonyl (C=O) groups excluding carboxylic acids is 1. The van der Waals surface area contributed by atoms with E-state index in [1.54, 1.807) is 6.07 Å². The highest BCUT2D eigenvalue weighted by Crippen LogP contribution is 2.18. The molecular weight excluding hydrogens is 260 g/mol. The Morgan fingerprint density at radius 2 is 1.76 bits per heavy atom. The highest BCUT2D eigenvalue weighted by Gasteiger charge is 2.06. The Bertz CT molecular complexity index is 603. The molecule has 0 saturated heterocycles. The van der Waals surface area contributed by atoms with Crippen LogP contribution in [-0.4, -0.2) is 5.91 Å². The molecule has 0 radical (unpaired) electrons. The molecule has 0 aliphatic carbocycles. The number of nitrogen functional groups attached to an aromatic ring is 1. The maximum absolute atomic E-state index is 11.9. The maximum atomic E-state index is 11.9. The van der Waals surface area contributed by atoms with Gasteiger partial charge in [0.15, 0.2) is 0 Å². The van der Waals surface area contributed by atoms with Gasteiger partial charge >= 0.3 is 0 Å². The fourth-order valence-corrected chi connectivity index (χ4v) is 2.15. The first kappa shape index (κ1) is 15.1. The smallest absolute Gasteiger partial charge is 0.224 e. The van der Waals surface area contributed by atoms with Crippen LogP contribution in [0.5, 0.6) is 0 Å². The number of hydrogen-bond donors (Lipinski definition) is 2. The van der Waals surface area contributed by atoms with E-state index < -0.39 is 0 Å². The van der Waals surface area contributed by atoms with E-state index in [2.05, 4.69) is 43.4 Å². The summed E-state index contributed by atoms with van der Waals surface area (Å²) in [6.45, 7) is 4.35. The van der Waals surface area contributed by atoms with E-state index in [1.807, 2.05) is 18.2 Å². The van der Waals surface area contributed by atoms with E-state index in [1.165, 1.54) is 11.1 Å². The van der Waals surface area contributed by atoms with Crippen LogP contribution in [0.1, 0.15) is 37.3 Å². The largest absolute Gasteiger partial charge is 0.397 e. The topological polar surface area (TPSA) is 55.1 Å². The molecule has 0 bridgehead atoms. The summed E-state index contributed by atoms with van der Waals surface area (Å²) in [5.41, 5.74) is 9.57. The van der Waals surface area contributed by atoms with Gasteiger partial charge in [-0.1, -0.05) is 50.2 Å². The standard InChI is InChI=1S/C18H22N2O/c1-13(2)15-10-7-14(8-11-15)9-12-18(21)20-17-6-4-3-5-16(17)19/h3-8,10-11,13H,9,12,19H2,1-2H3,(H,20,21). The van der Waals surface area contributed by atoms with Crippen molar-refractivity contribution in [3.8, 4) is 0 Å². The Balaban J connectivity index is 1.88. The number of para-hydroxylation sites is 2. The van der Waals surface area contributed by atoms with Gasteiger partial charge in [-0.15, -0.1) is 0 Å². The molecule has 110 valence electrons. The highest BCUT2D eigenvalue weighted by molar-refractivity contribution is 5.93. The van der Waals surface area contributed by atoms with Crippen molar-refractivity contribution in [3.63, 3.8) is 0 Å². The first-order valence-electron chi connectivity index (χ1n) is 7.29. The summed E-state index contributed by atoms with van der Waals surface area (Å²) < 4.78 is 0. The molecule has 3 heteroatoms. The van der Waals surface area contributed by atoms with Crippen molar-refractivity contribution < 1.29 is 4.79 Å². The Hall–Kier alpha value is -2.29. The molecule has 2 aromatic carbocycles. The van der Waals surface area contributed by atoms with Crippen LogP contribution in [0.4, 0.5) is 11.4 Å². The van der Waals surface area contributed by atoms with Crippen LogP contribution in [0.15, 0.2) is 48.5 Å². The van der Waals surface area contributed by atoms with Crippen molar-refractivity contribution in [1.82, 2.24) is 0 Å². The number of anilines is 2. The van der Waals surface area contributed by atoms with Gasteiger partial charge in [0.2, 0.25) is 5.91 Å². The summed E-state index contributed by atoms with van der Waals surface area (Å²) in [5, 5.41) is 2.85. The summed E-state index contributed by atoms with van der Waals surface area (Å²) in [5.74, 6) is 0.518. The number of amides is 1. The molecule has 0 aliphatic rings. The summed E-state index contributed by atoms with van der Waals surface area (Å²) in [6.07, 6.45) is 1.19. The Morgan fingerprint density at radius 3 is 2.38 bits per heavy atom. The fraction of sp³-hybridized carbons (Fsp3) is 0.278. The molecule has 0 spiro atoms. The summed E-state index contributed by atoms with van der Waals surface area (Å²) in [7, 11) is 0. The van der Waals surface area contributed by atoms with Gasteiger partial charge in [0.05, 0.1) is 11.4 Å². The van der Waals surface area contributed by atoms with Gasteiger partial charge in [0.1, 0.15) is 0 Å². The summed E-state index contributed by atoms with van der Waals surface area (Å²) in [4.78, 5) is 11.9. The van der Waals surface area contributed by atoms with Crippen molar-refractivity contribution in [2.24, 2.45) is 0 Å². The number of nitrogens with two attached hydrogens (primary N) is 1. The molecule has 0 aliphatic heterocycles. The third-order valence-electron chi connectivity index (χ3n) is 3.52. The van der Waals surface area contributed by atoms with E-state index in [4.69, 9.17) is 5.73 Å². The lowest BCUT2D eigenvalue weighted by Gasteiger charge is -2.09. The van der Waals surface area contributed by atoms with Gasteiger partial charge < -0.3 is 11.1 Å². The van der Waals surface area contributed by atoms with Crippen molar-refractivity contribution in [2.45, 2.75) is 32.6 Å². The molecule has 3 nitrogen and oxygen atoms in total. The molecule has 2 aromatic rings. The molecule has 2 rings (SSSR count). The zero-order valence-electron chi connectivity index (χ0n) is 12.6. The van der Waals surface area contributed by atoms with Gasteiger partial charge in [-0.05, 0) is 35.6 Å². The summed E-state index contributed by atoms with van der Waals surface area (Å²) in [6, 6.07) is 15.8. The number of carbonyl (C=O) groups is 1. The zero-order valence-corrected chi connectivity index (χ0v) is 12.6. The molecular formula is C18H22N2O. The van der Waals surface area contributed by atoms with E-state index in [0.29, 0.717) is 23.7 Å². The summed E-state index contributed by atoms with van der Waals surface area (Å²) >= 11 is 0. The van der Waals surface area contributed by atoms with Crippen LogP contribution in [0, 0.1) is 0 Å². The van der Waals surface area contributed by atoms with Crippen molar-refractivity contribution in [3.05, 3.63) is 59.7 Å². The molecule has 0 unspecified atom stereocenters. The van der Waals surface area contributed by atoms with Crippen LogP contribution in [-0.2, 0) is 11.2 Å². The van der Waals surface area contributed by atoms with Crippen molar-refractivity contribution >= 4 is 17.3 Å². The minimum Gasteiger partial charge on any atom is -0.397 e. The lowest BCUT2D eigenvalue weighted by Crippen LogP contribution is -2.13. The zero-order chi connectivity index (χ0) is 15.2.